The minimum atomic E-state index is -4.40. The van der Waals surface area contributed by atoms with Crippen LogP contribution in [0.3, 0.4) is 0 Å². The molecule has 0 aliphatic carbocycles. The van der Waals surface area contributed by atoms with Gasteiger partial charge in [0.05, 0.1) is 16.6 Å². The predicted molar refractivity (Wildman–Crippen MR) is 77.6 cm³/mol. The molecule has 2 heterocycles. The number of nitrogens with zero attached hydrogens (tertiary/aromatic N) is 1. The molecular weight excluding hydrogens is 301 g/mol. The van der Waals surface area contributed by atoms with Gasteiger partial charge in [-0.25, -0.2) is 4.79 Å². The summed E-state index contributed by atoms with van der Waals surface area (Å²) in [6.45, 7) is 0.567. The summed E-state index contributed by atoms with van der Waals surface area (Å²) in [6, 6.07) is 3.41. The number of halogens is 3. The Morgan fingerprint density at radius 3 is 2.86 bits per heavy atom. The SMILES string of the molecule is O=c1[nH]c2cc(C(F)(F)F)ccc2n1CC1CCCSC1. The summed E-state index contributed by atoms with van der Waals surface area (Å²) in [5, 5.41) is 0. The highest BCUT2D eigenvalue weighted by atomic mass is 32.2. The van der Waals surface area contributed by atoms with Gasteiger partial charge in [-0.05, 0) is 48.5 Å². The number of hydrogen-bond donors (Lipinski definition) is 1. The normalized spacial score (nSPS) is 20.0. The zero-order chi connectivity index (χ0) is 15.0. The van der Waals surface area contributed by atoms with Crippen LogP contribution in [0.25, 0.3) is 11.0 Å². The van der Waals surface area contributed by atoms with Crippen molar-refractivity contribution in [3.8, 4) is 0 Å². The fourth-order valence-corrected chi connectivity index (χ4v) is 3.87. The van der Waals surface area contributed by atoms with Gasteiger partial charge in [0.15, 0.2) is 0 Å². The first kappa shape index (κ1) is 14.6. The van der Waals surface area contributed by atoms with E-state index >= 15 is 0 Å². The number of aromatic amines is 1. The number of alkyl halides is 3. The number of H-pyrrole nitrogens is 1. The Balaban J connectivity index is 1.95. The van der Waals surface area contributed by atoms with Gasteiger partial charge in [0.1, 0.15) is 0 Å². The first-order valence-corrected chi connectivity index (χ1v) is 7.98. The molecular formula is C14H15F3N2OS. The van der Waals surface area contributed by atoms with E-state index in [1.54, 1.807) is 4.57 Å². The van der Waals surface area contributed by atoms with Crippen LogP contribution in [0, 0.1) is 5.92 Å². The van der Waals surface area contributed by atoms with Crippen molar-refractivity contribution in [1.29, 1.82) is 0 Å². The summed E-state index contributed by atoms with van der Waals surface area (Å²) in [5.41, 5.74) is -0.279. The van der Waals surface area contributed by atoms with Crippen molar-refractivity contribution in [2.24, 2.45) is 5.92 Å². The molecule has 1 saturated heterocycles. The average molecular weight is 316 g/mol. The molecule has 1 atom stereocenters. The van der Waals surface area contributed by atoms with Crippen molar-refractivity contribution in [2.45, 2.75) is 25.6 Å². The van der Waals surface area contributed by atoms with Gasteiger partial charge >= 0.3 is 11.9 Å². The van der Waals surface area contributed by atoms with Gasteiger partial charge in [-0.2, -0.15) is 24.9 Å². The van der Waals surface area contributed by atoms with Crippen LogP contribution >= 0.6 is 11.8 Å². The van der Waals surface area contributed by atoms with E-state index in [1.807, 2.05) is 11.8 Å². The number of fused-ring (bicyclic) bond motifs is 1. The van der Waals surface area contributed by atoms with Crippen LogP contribution < -0.4 is 5.69 Å². The lowest BCUT2D eigenvalue weighted by atomic mass is 10.1. The summed E-state index contributed by atoms with van der Waals surface area (Å²) in [7, 11) is 0. The Labute approximate surface area is 123 Å². The van der Waals surface area contributed by atoms with Crippen molar-refractivity contribution in [2.75, 3.05) is 11.5 Å². The average Bonchev–Trinajstić information content (AvgIpc) is 2.75. The number of thioether (sulfide) groups is 1. The highest BCUT2D eigenvalue weighted by molar-refractivity contribution is 7.99. The summed E-state index contributed by atoms with van der Waals surface area (Å²) in [6.07, 6.45) is -2.20. The van der Waals surface area contributed by atoms with E-state index in [-0.39, 0.29) is 11.2 Å². The molecule has 3 rings (SSSR count). The van der Waals surface area contributed by atoms with Gasteiger partial charge < -0.3 is 4.98 Å². The van der Waals surface area contributed by atoms with E-state index in [9.17, 15) is 18.0 Å². The van der Waals surface area contributed by atoms with E-state index in [4.69, 9.17) is 0 Å². The summed E-state index contributed by atoms with van der Waals surface area (Å²) < 4.78 is 39.6. The third kappa shape index (κ3) is 2.97. The molecule has 114 valence electrons. The van der Waals surface area contributed by atoms with Crippen molar-refractivity contribution in [1.82, 2.24) is 9.55 Å². The maximum Gasteiger partial charge on any atom is 0.416 e. The van der Waals surface area contributed by atoms with Crippen molar-refractivity contribution in [3.63, 3.8) is 0 Å². The number of benzene rings is 1. The first-order chi connectivity index (χ1) is 9.95. The Morgan fingerprint density at radius 1 is 1.38 bits per heavy atom. The molecule has 1 fully saturated rings. The molecule has 1 aliphatic rings. The molecule has 1 N–H and O–H groups in total. The molecule has 0 amide bonds. The first-order valence-electron chi connectivity index (χ1n) is 6.82. The fraction of sp³-hybridized carbons (Fsp3) is 0.500. The maximum absolute atomic E-state index is 12.7. The lowest BCUT2D eigenvalue weighted by Gasteiger charge is -2.21. The lowest BCUT2D eigenvalue weighted by molar-refractivity contribution is -0.137. The molecule has 0 bridgehead atoms. The van der Waals surface area contributed by atoms with Crippen LogP contribution in [0.4, 0.5) is 13.2 Å². The van der Waals surface area contributed by atoms with Crippen LogP contribution in [0.1, 0.15) is 18.4 Å². The second-order valence-corrected chi connectivity index (χ2v) is 6.50. The quantitative estimate of drug-likeness (QED) is 0.921. The Kier molecular flexibility index (Phi) is 3.77. The molecule has 1 aromatic carbocycles. The highest BCUT2D eigenvalue weighted by Crippen LogP contribution is 2.31. The van der Waals surface area contributed by atoms with Crippen LogP contribution in [0.2, 0.25) is 0 Å². The van der Waals surface area contributed by atoms with Gasteiger partial charge in [-0.15, -0.1) is 0 Å². The van der Waals surface area contributed by atoms with E-state index in [2.05, 4.69) is 4.98 Å². The van der Waals surface area contributed by atoms with Gasteiger partial charge in [-0.3, -0.25) is 4.57 Å². The third-order valence-electron chi connectivity index (χ3n) is 3.80. The summed E-state index contributed by atoms with van der Waals surface area (Å²) >= 11 is 1.87. The number of aromatic nitrogens is 2. The molecule has 0 spiro atoms. The maximum atomic E-state index is 12.7. The molecule has 1 unspecified atom stereocenters. The van der Waals surface area contributed by atoms with Crippen molar-refractivity contribution >= 4 is 22.8 Å². The molecule has 3 nitrogen and oxygen atoms in total. The van der Waals surface area contributed by atoms with Crippen LogP contribution in [-0.4, -0.2) is 21.1 Å². The predicted octanol–water partition coefficient (Wildman–Crippen LogP) is 3.49. The minimum absolute atomic E-state index is 0.248. The molecule has 1 aromatic heterocycles. The monoisotopic (exact) mass is 316 g/mol. The van der Waals surface area contributed by atoms with Gasteiger partial charge in [0.25, 0.3) is 0 Å². The van der Waals surface area contributed by atoms with Crippen molar-refractivity contribution in [3.05, 3.63) is 34.2 Å². The Hall–Kier alpha value is -1.37. The van der Waals surface area contributed by atoms with Crippen LogP contribution in [0.5, 0.6) is 0 Å². The fourth-order valence-electron chi connectivity index (χ4n) is 2.73. The number of nitrogens with one attached hydrogen (secondary N) is 1. The third-order valence-corrected chi connectivity index (χ3v) is 5.08. The Morgan fingerprint density at radius 2 is 2.19 bits per heavy atom. The molecule has 1 aliphatic heterocycles. The Bertz CT molecular complexity index is 698. The van der Waals surface area contributed by atoms with Crippen LogP contribution in [0.15, 0.2) is 23.0 Å². The second kappa shape index (κ2) is 5.44. The molecule has 0 saturated carbocycles. The molecule has 2 aromatic rings. The second-order valence-electron chi connectivity index (χ2n) is 5.35. The largest absolute Gasteiger partial charge is 0.416 e. The van der Waals surface area contributed by atoms with E-state index in [1.165, 1.54) is 6.07 Å². The van der Waals surface area contributed by atoms with Gasteiger partial charge in [0.2, 0.25) is 0 Å². The molecule has 7 heteroatoms. The van der Waals surface area contributed by atoms with Gasteiger partial charge in [-0.1, -0.05) is 0 Å². The van der Waals surface area contributed by atoms with E-state index in [0.29, 0.717) is 18.0 Å². The van der Waals surface area contributed by atoms with Crippen molar-refractivity contribution < 1.29 is 13.2 Å². The number of imidazole rings is 1. The molecule has 21 heavy (non-hydrogen) atoms. The topological polar surface area (TPSA) is 37.8 Å². The minimum Gasteiger partial charge on any atom is -0.306 e. The highest BCUT2D eigenvalue weighted by Gasteiger charge is 2.31. The van der Waals surface area contributed by atoms with E-state index < -0.39 is 11.7 Å². The standard InChI is InChI=1S/C14H15F3N2OS/c15-14(16,17)10-3-4-12-11(6-10)18-13(20)19(12)7-9-2-1-5-21-8-9/h3-4,6,9H,1-2,5,7-8H2,(H,18,20). The van der Waals surface area contributed by atoms with E-state index in [0.717, 1.165) is 36.5 Å². The number of hydrogen-bond acceptors (Lipinski definition) is 2. The lowest BCUT2D eigenvalue weighted by Crippen LogP contribution is -2.24. The molecule has 0 radical (unpaired) electrons. The summed E-state index contributed by atoms with van der Waals surface area (Å²) in [4.78, 5) is 14.5. The van der Waals surface area contributed by atoms with Crippen LogP contribution in [-0.2, 0) is 12.7 Å². The number of rotatable bonds is 2. The van der Waals surface area contributed by atoms with Gasteiger partial charge in [0, 0.05) is 6.54 Å². The summed E-state index contributed by atoms with van der Waals surface area (Å²) in [5.74, 6) is 2.55. The zero-order valence-electron chi connectivity index (χ0n) is 11.2. The zero-order valence-corrected chi connectivity index (χ0v) is 12.1. The smallest absolute Gasteiger partial charge is 0.306 e.